The fourth-order valence-corrected chi connectivity index (χ4v) is 2.06. The van der Waals surface area contributed by atoms with Crippen LogP contribution in [0.1, 0.15) is 10.4 Å². The third kappa shape index (κ3) is 4.92. The van der Waals surface area contributed by atoms with Crippen molar-refractivity contribution in [3.8, 4) is 5.75 Å². The van der Waals surface area contributed by atoms with E-state index in [1.807, 2.05) is 0 Å². The van der Waals surface area contributed by atoms with E-state index >= 15 is 0 Å². The maximum Gasteiger partial charge on any atom is 0.338 e. The Morgan fingerprint density at radius 1 is 1.20 bits per heavy atom. The lowest BCUT2D eigenvalue weighted by atomic mass is 10.2. The molecule has 1 N–H and O–H groups in total. The summed E-state index contributed by atoms with van der Waals surface area (Å²) in [5.74, 6) is -0.847. The van der Waals surface area contributed by atoms with Crippen LogP contribution in [0.4, 0.5) is 11.4 Å². The molecule has 0 saturated heterocycles. The molecule has 9 heteroatoms. The number of nitrogens with zero attached hydrogens (tertiary/aromatic N) is 1. The molecule has 0 aliphatic heterocycles. The summed E-state index contributed by atoms with van der Waals surface area (Å²) in [7, 11) is 1.49. The Bertz CT molecular complexity index is 807. The molecule has 0 heterocycles. The van der Waals surface area contributed by atoms with E-state index in [9.17, 15) is 19.7 Å². The molecule has 0 bridgehead atoms. The van der Waals surface area contributed by atoms with Crippen molar-refractivity contribution in [2.24, 2.45) is 0 Å². The van der Waals surface area contributed by atoms with Crippen LogP contribution in [-0.2, 0) is 9.53 Å². The normalized spacial score (nSPS) is 10.0. The largest absolute Gasteiger partial charge is 0.497 e. The Kier molecular flexibility index (Phi) is 5.91. The highest BCUT2D eigenvalue weighted by molar-refractivity contribution is 6.31. The summed E-state index contributed by atoms with van der Waals surface area (Å²) in [5, 5.41) is 13.4. The molecule has 130 valence electrons. The van der Waals surface area contributed by atoms with Crippen LogP contribution in [0.2, 0.25) is 5.02 Å². The lowest BCUT2D eigenvalue weighted by molar-refractivity contribution is -0.383. The Morgan fingerprint density at radius 2 is 1.88 bits per heavy atom. The monoisotopic (exact) mass is 364 g/mol. The number of amides is 1. The number of benzene rings is 2. The number of rotatable bonds is 6. The molecule has 25 heavy (non-hydrogen) atoms. The molecule has 0 fully saturated rings. The third-order valence-corrected chi connectivity index (χ3v) is 3.33. The average molecular weight is 365 g/mol. The number of esters is 1. The maximum atomic E-state index is 11.9. The molecular formula is C16H13ClN2O6. The van der Waals surface area contributed by atoms with E-state index in [0.717, 1.165) is 6.07 Å². The van der Waals surface area contributed by atoms with E-state index < -0.39 is 23.4 Å². The van der Waals surface area contributed by atoms with E-state index in [1.54, 1.807) is 12.1 Å². The summed E-state index contributed by atoms with van der Waals surface area (Å²) in [5.41, 5.74) is -0.159. The number of nitro groups is 1. The van der Waals surface area contributed by atoms with Gasteiger partial charge in [0.15, 0.2) is 6.61 Å². The fourth-order valence-electron chi connectivity index (χ4n) is 1.89. The number of carbonyl (C=O) groups is 2. The van der Waals surface area contributed by atoms with Gasteiger partial charge in [-0.15, -0.1) is 0 Å². The summed E-state index contributed by atoms with van der Waals surface area (Å²) in [6, 6.07) is 9.94. The minimum Gasteiger partial charge on any atom is -0.497 e. The number of halogens is 1. The minimum absolute atomic E-state index is 0.0418. The minimum atomic E-state index is -0.715. The van der Waals surface area contributed by atoms with Gasteiger partial charge in [-0.2, -0.15) is 0 Å². The maximum absolute atomic E-state index is 11.9. The van der Waals surface area contributed by atoms with E-state index in [-0.39, 0.29) is 22.0 Å². The number of carbonyl (C=O) groups excluding carboxylic acids is 2. The predicted molar refractivity (Wildman–Crippen MR) is 90.0 cm³/mol. The van der Waals surface area contributed by atoms with Crippen LogP contribution in [0.15, 0.2) is 42.5 Å². The van der Waals surface area contributed by atoms with Gasteiger partial charge in [-0.05, 0) is 36.4 Å². The number of anilines is 1. The molecular weight excluding hydrogens is 352 g/mol. The quantitative estimate of drug-likeness (QED) is 0.479. The number of hydrogen-bond donors (Lipinski definition) is 1. The van der Waals surface area contributed by atoms with Crippen molar-refractivity contribution >= 4 is 34.9 Å². The van der Waals surface area contributed by atoms with Crippen molar-refractivity contribution in [2.75, 3.05) is 19.0 Å². The Hall–Kier alpha value is -3.13. The average Bonchev–Trinajstić information content (AvgIpc) is 2.61. The van der Waals surface area contributed by atoms with Crippen LogP contribution in [0.5, 0.6) is 5.75 Å². The molecule has 8 nitrogen and oxygen atoms in total. The molecule has 0 aliphatic carbocycles. The molecule has 2 aromatic carbocycles. The smallest absolute Gasteiger partial charge is 0.338 e. The van der Waals surface area contributed by atoms with E-state index in [0.29, 0.717) is 5.75 Å². The van der Waals surface area contributed by atoms with Gasteiger partial charge in [-0.3, -0.25) is 14.9 Å². The van der Waals surface area contributed by atoms with E-state index in [4.69, 9.17) is 21.1 Å². The van der Waals surface area contributed by atoms with Gasteiger partial charge in [0.25, 0.3) is 11.6 Å². The lowest BCUT2D eigenvalue weighted by Crippen LogP contribution is -2.21. The molecule has 2 rings (SSSR count). The van der Waals surface area contributed by atoms with Gasteiger partial charge in [-0.25, -0.2) is 4.79 Å². The summed E-state index contributed by atoms with van der Waals surface area (Å²) < 4.78 is 9.84. The highest BCUT2D eigenvalue weighted by Crippen LogP contribution is 2.27. The molecule has 0 aliphatic rings. The first kappa shape index (κ1) is 18.2. The van der Waals surface area contributed by atoms with Crippen molar-refractivity contribution in [1.82, 2.24) is 0 Å². The summed E-state index contributed by atoms with van der Waals surface area (Å²) >= 11 is 5.69. The third-order valence-electron chi connectivity index (χ3n) is 3.09. The lowest BCUT2D eigenvalue weighted by Gasteiger charge is -2.08. The molecule has 1 amide bonds. The fraction of sp³-hybridized carbons (Fsp3) is 0.125. The Morgan fingerprint density at radius 3 is 2.48 bits per heavy atom. The van der Waals surface area contributed by atoms with E-state index in [1.165, 1.54) is 31.4 Å². The second kappa shape index (κ2) is 8.11. The second-order valence-corrected chi connectivity index (χ2v) is 5.21. The van der Waals surface area contributed by atoms with Gasteiger partial charge in [0.2, 0.25) is 0 Å². The van der Waals surface area contributed by atoms with Gasteiger partial charge in [-0.1, -0.05) is 11.6 Å². The zero-order valence-electron chi connectivity index (χ0n) is 13.0. The summed E-state index contributed by atoms with van der Waals surface area (Å²) in [6.07, 6.45) is 0. The molecule has 0 radical (unpaired) electrons. The number of ether oxygens (including phenoxy) is 2. The molecule has 0 saturated carbocycles. The number of methoxy groups -OCH3 is 1. The molecule has 0 spiro atoms. The zero-order chi connectivity index (χ0) is 18.4. The molecule has 0 unspecified atom stereocenters. The number of nitro benzene ring substituents is 1. The van der Waals surface area contributed by atoms with Crippen LogP contribution in [-0.4, -0.2) is 30.5 Å². The van der Waals surface area contributed by atoms with E-state index in [2.05, 4.69) is 5.32 Å². The standard InChI is InChI=1S/C16H13ClN2O6/c1-24-12-5-2-10(3-6-12)16(21)25-9-15(20)18-13-7-4-11(17)8-14(13)19(22)23/h2-8H,9H2,1H3,(H,18,20). The Balaban J connectivity index is 1.96. The van der Waals surface area contributed by atoms with Crippen LogP contribution >= 0.6 is 11.6 Å². The van der Waals surface area contributed by atoms with Crippen LogP contribution in [0.3, 0.4) is 0 Å². The first-order valence-electron chi connectivity index (χ1n) is 6.95. The van der Waals surface area contributed by atoms with Gasteiger partial charge in [0, 0.05) is 11.1 Å². The SMILES string of the molecule is COc1ccc(C(=O)OCC(=O)Nc2ccc(Cl)cc2[N+](=O)[O-])cc1. The van der Waals surface area contributed by atoms with Gasteiger partial charge in [0.05, 0.1) is 17.6 Å². The van der Waals surface area contributed by atoms with Crippen LogP contribution < -0.4 is 10.1 Å². The van der Waals surface area contributed by atoms with Crippen molar-refractivity contribution in [1.29, 1.82) is 0 Å². The first-order chi connectivity index (χ1) is 11.9. The molecule has 0 aromatic heterocycles. The summed E-state index contributed by atoms with van der Waals surface area (Å²) in [4.78, 5) is 34.0. The van der Waals surface area contributed by atoms with Crippen LogP contribution in [0.25, 0.3) is 0 Å². The van der Waals surface area contributed by atoms with Crippen molar-refractivity contribution in [3.05, 3.63) is 63.2 Å². The Labute approximate surface area is 147 Å². The predicted octanol–water partition coefficient (Wildman–Crippen LogP) is 3.05. The highest BCUT2D eigenvalue weighted by atomic mass is 35.5. The van der Waals surface area contributed by atoms with Crippen LogP contribution in [0, 0.1) is 10.1 Å². The number of hydrogen-bond acceptors (Lipinski definition) is 6. The van der Waals surface area contributed by atoms with Crippen molar-refractivity contribution in [2.45, 2.75) is 0 Å². The molecule has 0 atom stereocenters. The number of nitrogens with one attached hydrogen (secondary N) is 1. The van der Waals surface area contributed by atoms with Crippen molar-refractivity contribution in [3.63, 3.8) is 0 Å². The highest BCUT2D eigenvalue weighted by Gasteiger charge is 2.17. The zero-order valence-corrected chi connectivity index (χ0v) is 13.8. The van der Waals surface area contributed by atoms with Gasteiger partial charge in [0.1, 0.15) is 11.4 Å². The summed E-state index contributed by atoms with van der Waals surface area (Å²) in [6.45, 7) is -0.593. The van der Waals surface area contributed by atoms with Gasteiger partial charge >= 0.3 is 5.97 Å². The van der Waals surface area contributed by atoms with Crippen molar-refractivity contribution < 1.29 is 24.0 Å². The van der Waals surface area contributed by atoms with Gasteiger partial charge < -0.3 is 14.8 Å². The first-order valence-corrected chi connectivity index (χ1v) is 7.33. The molecule has 2 aromatic rings. The topological polar surface area (TPSA) is 108 Å². The second-order valence-electron chi connectivity index (χ2n) is 4.77.